The first-order valence-electron chi connectivity index (χ1n) is 7.87. The zero-order valence-corrected chi connectivity index (χ0v) is 14.5. The average Bonchev–Trinajstić information content (AvgIpc) is 2.52. The Kier molecular flexibility index (Phi) is 5.72. The second-order valence-corrected chi connectivity index (χ2v) is 6.60. The molecule has 2 aromatic carbocycles. The molecule has 0 amide bonds. The van der Waals surface area contributed by atoms with E-state index in [1.165, 1.54) is 11.6 Å². The molecule has 0 aliphatic carbocycles. The Balaban J connectivity index is 2.63. The van der Waals surface area contributed by atoms with Gasteiger partial charge in [-0.05, 0) is 53.4 Å². The van der Waals surface area contributed by atoms with E-state index in [0.29, 0.717) is 6.54 Å². The maximum atomic E-state index is 13.8. The SMILES string of the molecule is CCC(CC)(CN)C(c1cccc(F)c1)c1cccc(P)c1. The molecule has 3 heteroatoms. The van der Waals surface area contributed by atoms with Gasteiger partial charge in [0, 0.05) is 5.92 Å². The van der Waals surface area contributed by atoms with Crippen molar-refractivity contribution in [3.8, 4) is 0 Å². The molecule has 0 radical (unpaired) electrons. The van der Waals surface area contributed by atoms with Crippen LogP contribution in [0.1, 0.15) is 43.7 Å². The molecule has 1 nitrogen and oxygen atoms in total. The standard InChI is InChI=1S/C19H25FNP/c1-3-19(4-2,13-21)18(14-7-5-9-16(20)11-14)15-8-6-10-17(22)12-15/h5-12,18H,3-4,13,21-22H2,1-2H3. The Morgan fingerprint density at radius 1 is 1.05 bits per heavy atom. The number of hydrogen-bond donors (Lipinski definition) is 1. The van der Waals surface area contributed by atoms with Crippen molar-refractivity contribution in [3.05, 3.63) is 65.5 Å². The van der Waals surface area contributed by atoms with Crippen LogP contribution < -0.4 is 11.0 Å². The molecule has 2 unspecified atom stereocenters. The highest BCUT2D eigenvalue weighted by Crippen LogP contribution is 2.45. The molecule has 2 aromatic rings. The van der Waals surface area contributed by atoms with Crippen LogP contribution in [0.2, 0.25) is 0 Å². The Bertz CT molecular complexity index is 569. The van der Waals surface area contributed by atoms with E-state index in [1.807, 2.05) is 6.07 Å². The molecule has 22 heavy (non-hydrogen) atoms. The normalized spacial score (nSPS) is 13.1. The molecule has 0 bridgehead atoms. The number of nitrogens with two attached hydrogens (primary N) is 1. The van der Waals surface area contributed by atoms with Crippen molar-refractivity contribution < 1.29 is 4.39 Å². The summed E-state index contributed by atoms with van der Waals surface area (Å²) in [6.07, 6.45) is 1.92. The molecule has 0 spiro atoms. The predicted molar refractivity (Wildman–Crippen MR) is 96.1 cm³/mol. The van der Waals surface area contributed by atoms with Gasteiger partial charge >= 0.3 is 0 Å². The third-order valence-electron chi connectivity index (χ3n) is 4.85. The molecule has 118 valence electrons. The minimum absolute atomic E-state index is 0.0632. The Hall–Kier alpha value is -1.24. The Labute approximate surface area is 135 Å². The van der Waals surface area contributed by atoms with E-state index in [4.69, 9.17) is 5.73 Å². The fraction of sp³-hybridized carbons (Fsp3) is 0.368. The Morgan fingerprint density at radius 3 is 2.14 bits per heavy atom. The summed E-state index contributed by atoms with van der Waals surface area (Å²) >= 11 is 0. The molecular weight excluding hydrogens is 292 g/mol. The second kappa shape index (κ2) is 7.35. The molecule has 0 saturated carbocycles. The monoisotopic (exact) mass is 317 g/mol. The van der Waals surface area contributed by atoms with Gasteiger partial charge in [0.2, 0.25) is 0 Å². The summed E-state index contributed by atoms with van der Waals surface area (Å²) in [4.78, 5) is 0. The van der Waals surface area contributed by atoms with Gasteiger partial charge in [-0.25, -0.2) is 4.39 Å². The van der Waals surface area contributed by atoms with Gasteiger partial charge in [0.25, 0.3) is 0 Å². The second-order valence-electron chi connectivity index (χ2n) is 5.93. The van der Waals surface area contributed by atoms with Crippen molar-refractivity contribution in [3.63, 3.8) is 0 Å². The number of rotatable bonds is 6. The van der Waals surface area contributed by atoms with Gasteiger partial charge in [-0.15, -0.1) is 9.24 Å². The molecule has 0 fully saturated rings. The third-order valence-corrected chi connectivity index (χ3v) is 5.21. The van der Waals surface area contributed by atoms with Crippen molar-refractivity contribution in [1.29, 1.82) is 0 Å². The molecule has 0 aliphatic heterocycles. The summed E-state index contributed by atoms with van der Waals surface area (Å²) in [5.41, 5.74) is 8.32. The van der Waals surface area contributed by atoms with Gasteiger partial charge in [0.1, 0.15) is 5.82 Å². The molecule has 2 rings (SSSR count). The van der Waals surface area contributed by atoms with Crippen LogP contribution >= 0.6 is 9.24 Å². The summed E-state index contributed by atoms with van der Waals surface area (Å²) in [5, 5.41) is 1.14. The van der Waals surface area contributed by atoms with E-state index < -0.39 is 0 Å². The van der Waals surface area contributed by atoms with Crippen molar-refractivity contribution in [2.45, 2.75) is 32.6 Å². The molecule has 2 atom stereocenters. The van der Waals surface area contributed by atoms with Gasteiger partial charge in [-0.1, -0.05) is 50.2 Å². The van der Waals surface area contributed by atoms with E-state index in [9.17, 15) is 4.39 Å². The summed E-state index contributed by atoms with van der Waals surface area (Å²) in [7, 11) is 2.74. The topological polar surface area (TPSA) is 26.0 Å². The van der Waals surface area contributed by atoms with E-state index in [0.717, 1.165) is 23.7 Å². The smallest absolute Gasteiger partial charge is 0.123 e. The van der Waals surface area contributed by atoms with Crippen LogP contribution in [0, 0.1) is 11.2 Å². The van der Waals surface area contributed by atoms with Crippen LogP contribution in [0.25, 0.3) is 0 Å². The summed E-state index contributed by atoms with van der Waals surface area (Å²) in [6, 6.07) is 15.3. The first kappa shape index (κ1) is 17.1. The quantitative estimate of drug-likeness (QED) is 0.793. The number of benzene rings is 2. The van der Waals surface area contributed by atoms with Gasteiger partial charge in [0.15, 0.2) is 0 Å². The fourth-order valence-corrected chi connectivity index (χ4v) is 3.69. The van der Waals surface area contributed by atoms with Crippen molar-refractivity contribution in [2.24, 2.45) is 11.1 Å². The first-order chi connectivity index (χ1) is 10.6. The Morgan fingerprint density at radius 2 is 1.64 bits per heavy atom. The zero-order valence-electron chi connectivity index (χ0n) is 13.4. The lowest BCUT2D eigenvalue weighted by molar-refractivity contribution is 0.235. The average molecular weight is 317 g/mol. The van der Waals surface area contributed by atoms with Gasteiger partial charge in [-0.2, -0.15) is 0 Å². The van der Waals surface area contributed by atoms with Gasteiger partial charge in [0.05, 0.1) is 0 Å². The van der Waals surface area contributed by atoms with Crippen molar-refractivity contribution >= 4 is 14.5 Å². The molecular formula is C19H25FNP. The molecule has 0 aliphatic rings. The van der Waals surface area contributed by atoms with Gasteiger partial charge < -0.3 is 5.73 Å². The van der Waals surface area contributed by atoms with Gasteiger partial charge in [-0.3, -0.25) is 0 Å². The maximum absolute atomic E-state index is 13.8. The van der Waals surface area contributed by atoms with Crippen LogP contribution in [0.4, 0.5) is 4.39 Å². The highest BCUT2D eigenvalue weighted by Gasteiger charge is 2.36. The lowest BCUT2D eigenvalue weighted by Crippen LogP contribution is -2.36. The highest BCUT2D eigenvalue weighted by molar-refractivity contribution is 7.27. The molecule has 0 aromatic heterocycles. The van der Waals surface area contributed by atoms with E-state index >= 15 is 0 Å². The zero-order chi connectivity index (χ0) is 16.2. The lowest BCUT2D eigenvalue weighted by atomic mass is 9.65. The largest absolute Gasteiger partial charge is 0.330 e. The molecule has 2 N–H and O–H groups in total. The fourth-order valence-electron chi connectivity index (χ4n) is 3.39. The van der Waals surface area contributed by atoms with Crippen LogP contribution in [-0.2, 0) is 0 Å². The van der Waals surface area contributed by atoms with Crippen LogP contribution in [0.15, 0.2) is 48.5 Å². The number of halogens is 1. The van der Waals surface area contributed by atoms with Crippen LogP contribution in [0.3, 0.4) is 0 Å². The van der Waals surface area contributed by atoms with E-state index in [1.54, 1.807) is 12.1 Å². The maximum Gasteiger partial charge on any atom is 0.123 e. The summed E-state index contributed by atoms with van der Waals surface area (Å²) < 4.78 is 13.8. The van der Waals surface area contributed by atoms with E-state index in [2.05, 4.69) is 47.4 Å². The minimum Gasteiger partial charge on any atom is -0.330 e. The lowest BCUT2D eigenvalue weighted by Gasteiger charge is -2.40. The van der Waals surface area contributed by atoms with Crippen LogP contribution in [-0.4, -0.2) is 6.54 Å². The first-order valence-corrected chi connectivity index (χ1v) is 8.45. The highest BCUT2D eigenvalue weighted by atomic mass is 31.0. The minimum atomic E-state index is -0.192. The van der Waals surface area contributed by atoms with Crippen molar-refractivity contribution in [1.82, 2.24) is 0 Å². The van der Waals surface area contributed by atoms with Crippen LogP contribution in [0.5, 0.6) is 0 Å². The summed E-state index contributed by atoms with van der Waals surface area (Å²) in [5.74, 6) is -0.0913. The van der Waals surface area contributed by atoms with E-state index in [-0.39, 0.29) is 17.2 Å². The third kappa shape index (κ3) is 3.39. The summed E-state index contributed by atoms with van der Waals surface area (Å²) in [6.45, 7) is 4.93. The molecule has 0 saturated heterocycles. The molecule has 0 heterocycles. The van der Waals surface area contributed by atoms with Crippen molar-refractivity contribution in [2.75, 3.05) is 6.54 Å². The predicted octanol–water partition coefficient (Wildman–Crippen LogP) is 4.22. The number of hydrogen-bond acceptors (Lipinski definition) is 1.